The number of benzene rings is 2. The largest absolute Gasteiger partial charge is 0.423 e. The van der Waals surface area contributed by atoms with E-state index in [9.17, 15) is 23.3 Å². The average molecular weight is 403 g/mol. The first kappa shape index (κ1) is 19.6. The van der Waals surface area contributed by atoms with Gasteiger partial charge in [0.25, 0.3) is 5.69 Å². The smallest absolute Gasteiger partial charge is 0.339 e. The molecule has 0 aliphatic rings. The van der Waals surface area contributed by atoms with E-state index in [-0.39, 0.29) is 21.9 Å². The Hall–Kier alpha value is -3.20. The Morgan fingerprint density at radius 2 is 1.89 bits per heavy atom. The van der Waals surface area contributed by atoms with Crippen LogP contribution in [-0.4, -0.2) is 13.3 Å². The average Bonchev–Trinajstić information content (AvgIpc) is 2.61. The van der Waals surface area contributed by atoms with Crippen LogP contribution in [0.3, 0.4) is 0 Å². The van der Waals surface area contributed by atoms with E-state index in [1.807, 2.05) is 6.92 Å². The molecule has 0 amide bonds. The summed E-state index contributed by atoms with van der Waals surface area (Å²) in [7, 11) is -4.32. The summed E-state index contributed by atoms with van der Waals surface area (Å²) < 4.78 is 35.6. The van der Waals surface area contributed by atoms with Crippen LogP contribution in [0.5, 0.6) is 5.75 Å². The lowest BCUT2D eigenvalue weighted by molar-refractivity contribution is -0.385. The number of aryl methyl sites for hydroxylation is 2. The standard InChI is InChI=1S/C19H17NO7S/c1-3-4-13-9-19(21)26-17-11-15(7-8-16(13)17)27-28(24,25)18-10-14(20(22)23)6-5-12(18)2/h5-11H,3-4H2,1-2H3. The SMILES string of the molecule is CCCc1cc(=O)oc2cc(OS(=O)(=O)c3cc([N+](=O)[O-])ccc3C)ccc12. The van der Waals surface area contributed by atoms with Crippen molar-refractivity contribution in [1.29, 1.82) is 0 Å². The lowest BCUT2D eigenvalue weighted by atomic mass is 10.1. The minimum atomic E-state index is -4.32. The molecular weight excluding hydrogens is 386 g/mol. The molecule has 0 unspecified atom stereocenters. The fourth-order valence-electron chi connectivity index (χ4n) is 2.88. The van der Waals surface area contributed by atoms with Gasteiger partial charge in [0, 0.05) is 29.7 Å². The second-order valence-corrected chi connectivity index (χ2v) is 7.76. The minimum absolute atomic E-state index is 0.0600. The summed E-state index contributed by atoms with van der Waals surface area (Å²) in [6.45, 7) is 3.49. The number of hydrogen-bond donors (Lipinski definition) is 0. The van der Waals surface area contributed by atoms with Gasteiger partial charge in [-0.1, -0.05) is 19.4 Å². The predicted molar refractivity (Wildman–Crippen MR) is 102 cm³/mol. The first-order chi connectivity index (χ1) is 13.2. The summed E-state index contributed by atoms with van der Waals surface area (Å²) in [5.41, 5.74) is 0.423. The van der Waals surface area contributed by atoms with E-state index in [2.05, 4.69) is 0 Å². The Labute approximate surface area is 160 Å². The van der Waals surface area contributed by atoms with Gasteiger partial charge in [0.2, 0.25) is 0 Å². The molecule has 3 rings (SSSR count). The number of nitro benzene ring substituents is 1. The van der Waals surface area contributed by atoms with Gasteiger partial charge >= 0.3 is 15.7 Å². The molecule has 9 heteroatoms. The fraction of sp³-hybridized carbons (Fsp3) is 0.211. The van der Waals surface area contributed by atoms with Crippen LogP contribution in [0.25, 0.3) is 11.0 Å². The molecular formula is C19H17NO7S. The van der Waals surface area contributed by atoms with E-state index >= 15 is 0 Å². The molecule has 0 N–H and O–H groups in total. The Bertz CT molecular complexity index is 1230. The molecule has 0 atom stereocenters. The molecule has 146 valence electrons. The molecule has 0 bridgehead atoms. The third-order valence-electron chi connectivity index (χ3n) is 4.18. The second-order valence-electron chi connectivity index (χ2n) is 6.24. The van der Waals surface area contributed by atoms with Crippen molar-refractivity contribution < 1.29 is 21.9 Å². The van der Waals surface area contributed by atoms with E-state index in [0.29, 0.717) is 17.4 Å². The fourth-order valence-corrected chi connectivity index (χ4v) is 4.06. The van der Waals surface area contributed by atoms with Crippen LogP contribution in [0.1, 0.15) is 24.5 Å². The second kappa shape index (κ2) is 7.43. The number of non-ortho nitro benzene ring substituents is 1. The van der Waals surface area contributed by atoms with Crippen molar-refractivity contribution in [2.24, 2.45) is 0 Å². The molecule has 0 fully saturated rings. The summed E-state index contributed by atoms with van der Waals surface area (Å²) in [4.78, 5) is 21.7. The molecule has 28 heavy (non-hydrogen) atoms. The van der Waals surface area contributed by atoms with Gasteiger partial charge in [0.05, 0.1) is 4.92 Å². The number of nitrogens with zero attached hydrogens (tertiary/aromatic N) is 1. The van der Waals surface area contributed by atoms with Crippen molar-refractivity contribution in [3.8, 4) is 5.75 Å². The highest BCUT2D eigenvalue weighted by molar-refractivity contribution is 7.87. The zero-order valence-corrected chi connectivity index (χ0v) is 16.0. The van der Waals surface area contributed by atoms with Crippen LogP contribution in [0.15, 0.2) is 56.6 Å². The normalized spacial score (nSPS) is 11.5. The quantitative estimate of drug-likeness (QED) is 0.266. The molecule has 8 nitrogen and oxygen atoms in total. The minimum Gasteiger partial charge on any atom is -0.423 e. The van der Waals surface area contributed by atoms with Crippen LogP contribution in [0.4, 0.5) is 5.69 Å². The highest BCUT2D eigenvalue weighted by Crippen LogP contribution is 2.28. The topological polar surface area (TPSA) is 117 Å². The van der Waals surface area contributed by atoms with Gasteiger partial charge in [-0.2, -0.15) is 8.42 Å². The van der Waals surface area contributed by atoms with Gasteiger partial charge in [-0.05, 0) is 36.6 Å². The first-order valence-electron chi connectivity index (χ1n) is 8.47. The molecule has 2 aromatic carbocycles. The molecule has 0 radical (unpaired) electrons. The number of rotatable bonds is 6. The molecule has 1 heterocycles. The van der Waals surface area contributed by atoms with E-state index in [1.54, 1.807) is 6.07 Å². The molecule has 0 saturated heterocycles. The zero-order chi connectivity index (χ0) is 20.5. The van der Waals surface area contributed by atoms with Gasteiger partial charge < -0.3 is 8.60 Å². The summed E-state index contributed by atoms with van der Waals surface area (Å²) in [5, 5.41) is 11.6. The van der Waals surface area contributed by atoms with Gasteiger partial charge in [-0.3, -0.25) is 10.1 Å². The molecule has 0 saturated carbocycles. The van der Waals surface area contributed by atoms with Crippen LogP contribution >= 0.6 is 0 Å². The van der Waals surface area contributed by atoms with Crippen LogP contribution in [0.2, 0.25) is 0 Å². The monoisotopic (exact) mass is 403 g/mol. The molecule has 3 aromatic rings. The van der Waals surface area contributed by atoms with Crippen molar-refractivity contribution in [1.82, 2.24) is 0 Å². The molecule has 0 aliphatic carbocycles. The number of nitro groups is 1. The van der Waals surface area contributed by atoms with E-state index in [4.69, 9.17) is 8.60 Å². The summed E-state index contributed by atoms with van der Waals surface area (Å²) >= 11 is 0. The van der Waals surface area contributed by atoms with E-state index in [1.165, 1.54) is 37.3 Å². The van der Waals surface area contributed by atoms with E-state index in [0.717, 1.165) is 18.1 Å². The van der Waals surface area contributed by atoms with Gasteiger partial charge in [0.1, 0.15) is 16.2 Å². The summed E-state index contributed by atoms with van der Waals surface area (Å²) in [6.07, 6.45) is 1.50. The molecule has 0 spiro atoms. The van der Waals surface area contributed by atoms with Crippen molar-refractivity contribution in [2.45, 2.75) is 31.6 Å². The first-order valence-corrected chi connectivity index (χ1v) is 9.88. The maximum atomic E-state index is 12.6. The maximum Gasteiger partial charge on any atom is 0.339 e. The lowest BCUT2D eigenvalue weighted by Gasteiger charge is -2.10. The van der Waals surface area contributed by atoms with Gasteiger partial charge in [0.15, 0.2) is 0 Å². The van der Waals surface area contributed by atoms with Crippen molar-refractivity contribution in [3.05, 3.63) is 74.1 Å². The lowest BCUT2D eigenvalue weighted by Crippen LogP contribution is -2.12. The number of fused-ring (bicyclic) bond motifs is 1. The zero-order valence-electron chi connectivity index (χ0n) is 15.2. The maximum absolute atomic E-state index is 12.6. The van der Waals surface area contributed by atoms with Crippen LogP contribution < -0.4 is 9.81 Å². The molecule has 1 aromatic heterocycles. The third kappa shape index (κ3) is 3.89. The summed E-state index contributed by atoms with van der Waals surface area (Å²) in [6, 6.07) is 9.31. The van der Waals surface area contributed by atoms with Crippen LogP contribution in [-0.2, 0) is 16.5 Å². The van der Waals surface area contributed by atoms with Crippen molar-refractivity contribution >= 4 is 26.8 Å². The molecule has 0 aliphatic heterocycles. The van der Waals surface area contributed by atoms with Crippen molar-refractivity contribution in [3.63, 3.8) is 0 Å². The van der Waals surface area contributed by atoms with Crippen molar-refractivity contribution in [2.75, 3.05) is 0 Å². The predicted octanol–water partition coefficient (Wildman–Crippen LogP) is 3.73. The van der Waals surface area contributed by atoms with Gasteiger partial charge in [-0.25, -0.2) is 4.79 Å². The Balaban J connectivity index is 2.03. The Morgan fingerprint density at radius 3 is 2.57 bits per heavy atom. The number of hydrogen-bond acceptors (Lipinski definition) is 7. The third-order valence-corrected chi connectivity index (χ3v) is 5.57. The Morgan fingerprint density at radius 1 is 1.14 bits per heavy atom. The summed E-state index contributed by atoms with van der Waals surface area (Å²) in [5.74, 6) is -0.0600. The highest BCUT2D eigenvalue weighted by atomic mass is 32.2. The van der Waals surface area contributed by atoms with Crippen LogP contribution in [0, 0.1) is 17.0 Å². The Kier molecular flexibility index (Phi) is 5.19. The van der Waals surface area contributed by atoms with E-state index < -0.39 is 20.7 Å². The highest BCUT2D eigenvalue weighted by Gasteiger charge is 2.23. The van der Waals surface area contributed by atoms with Gasteiger partial charge in [-0.15, -0.1) is 0 Å².